The molecule has 2 fully saturated rings. The van der Waals surface area contributed by atoms with Gasteiger partial charge in [-0.3, -0.25) is 0 Å². The van der Waals surface area contributed by atoms with Crippen molar-refractivity contribution in [3.8, 4) is 0 Å². The van der Waals surface area contributed by atoms with E-state index >= 15 is 0 Å². The predicted octanol–water partition coefficient (Wildman–Crippen LogP) is 2.63. The second-order valence-corrected chi connectivity index (χ2v) is 4.24. The number of rotatable bonds is 0. The molecule has 0 aliphatic heterocycles. The quantitative estimate of drug-likeness (QED) is 0.682. The number of alkyl halides is 11. The highest BCUT2D eigenvalue weighted by atomic mass is 19.4. The lowest BCUT2D eigenvalue weighted by Gasteiger charge is -2.43. The molecule has 0 spiro atoms. The molecule has 2 saturated carbocycles. The van der Waals surface area contributed by atoms with Crippen molar-refractivity contribution in [2.24, 2.45) is 0 Å². The van der Waals surface area contributed by atoms with Crippen LogP contribution < -0.4 is 0 Å². The van der Waals surface area contributed by atoms with Crippen molar-refractivity contribution in [3.05, 3.63) is 0 Å². The van der Waals surface area contributed by atoms with Crippen LogP contribution in [0.1, 0.15) is 0 Å². The van der Waals surface area contributed by atoms with Crippen LogP contribution >= 0.6 is 0 Å². The number of aliphatic hydroxyl groups is 1. The number of hydrogen-bond acceptors (Lipinski definition) is 1. The Morgan fingerprint density at radius 1 is 0.421 bits per heavy atom. The summed E-state index contributed by atoms with van der Waals surface area (Å²) in [6.45, 7) is 0. The summed E-state index contributed by atoms with van der Waals surface area (Å²) in [5.41, 5.74) is -13.5. The maximum absolute atomic E-state index is 13.3. The van der Waals surface area contributed by atoms with Gasteiger partial charge < -0.3 is 5.11 Å². The summed E-state index contributed by atoms with van der Waals surface area (Å²) in [4.78, 5) is 0. The molecule has 1 nitrogen and oxygen atoms in total. The fourth-order valence-electron chi connectivity index (χ4n) is 2.32. The van der Waals surface area contributed by atoms with Gasteiger partial charge in [0.1, 0.15) is 0 Å². The first-order chi connectivity index (χ1) is 8.00. The third-order valence-corrected chi connectivity index (χ3v) is 3.45. The van der Waals surface area contributed by atoms with E-state index in [-0.39, 0.29) is 0 Å². The molecule has 2 rings (SSSR count). The molecule has 0 heterocycles. The Kier molecular flexibility index (Phi) is 2.04. The van der Waals surface area contributed by atoms with Crippen molar-refractivity contribution < 1.29 is 53.4 Å². The maximum Gasteiger partial charge on any atom is 0.359 e. The summed E-state index contributed by atoms with van der Waals surface area (Å²) < 4.78 is 142. The Morgan fingerprint density at radius 2 is 0.684 bits per heavy atom. The third-order valence-electron chi connectivity index (χ3n) is 3.45. The Balaban J connectivity index is 2.99. The molecule has 0 amide bonds. The molecule has 112 valence electrons. The monoisotopic (exact) mass is 310 g/mol. The van der Waals surface area contributed by atoms with Crippen LogP contribution in [-0.4, -0.2) is 46.0 Å². The second-order valence-electron chi connectivity index (χ2n) is 4.24. The molecule has 0 unspecified atom stereocenters. The summed E-state index contributed by atoms with van der Waals surface area (Å²) in [7, 11) is 0. The van der Waals surface area contributed by atoms with E-state index in [1.807, 2.05) is 0 Å². The fourth-order valence-corrected chi connectivity index (χ4v) is 2.32. The minimum absolute atomic E-state index is 6.55. The van der Waals surface area contributed by atoms with Crippen molar-refractivity contribution in [2.45, 2.75) is 40.9 Å². The smallest absolute Gasteiger partial charge is 0.359 e. The van der Waals surface area contributed by atoms with Gasteiger partial charge in [-0.2, -0.15) is 43.9 Å². The molecule has 0 radical (unpaired) electrons. The molecule has 2 bridgehead atoms. The molecule has 19 heavy (non-hydrogen) atoms. The van der Waals surface area contributed by atoms with Gasteiger partial charge in [0.2, 0.25) is 0 Å². The van der Waals surface area contributed by atoms with E-state index in [9.17, 15) is 48.3 Å². The van der Waals surface area contributed by atoms with E-state index in [1.54, 1.807) is 0 Å². The highest BCUT2D eigenvalue weighted by molar-refractivity contribution is 5.45. The minimum Gasteiger partial charge on any atom is -0.373 e. The Labute approximate surface area is 95.5 Å². The summed E-state index contributed by atoms with van der Waals surface area (Å²) in [6.07, 6.45) is 0. The molecule has 1 N–H and O–H groups in total. The van der Waals surface area contributed by atoms with E-state index in [4.69, 9.17) is 5.11 Å². The van der Waals surface area contributed by atoms with Crippen LogP contribution in [0.25, 0.3) is 0 Å². The Morgan fingerprint density at radius 3 is 0.842 bits per heavy atom. The van der Waals surface area contributed by atoms with Gasteiger partial charge in [-0.1, -0.05) is 0 Å². The summed E-state index contributed by atoms with van der Waals surface area (Å²) in [5, 5.41) is 8.51. The number of halogens is 11. The van der Waals surface area contributed by atoms with Crippen LogP contribution in [0.4, 0.5) is 48.3 Å². The lowest BCUT2D eigenvalue weighted by Crippen LogP contribution is -2.75. The molecular weight excluding hydrogens is 309 g/mol. The van der Waals surface area contributed by atoms with Gasteiger partial charge in [-0.15, -0.1) is 0 Å². The van der Waals surface area contributed by atoms with Crippen LogP contribution in [0.2, 0.25) is 0 Å². The van der Waals surface area contributed by atoms with E-state index < -0.39 is 40.9 Å². The third kappa shape index (κ3) is 0.783. The van der Waals surface area contributed by atoms with Crippen molar-refractivity contribution >= 4 is 0 Å². The first-order valence-corrected chi connectivity index (χ1v) is 4.30. The van der Waals surface area contributed by atoms with Crippen LogP contribution in [0.3, 0.4) is 0 Å². The normalized spacial score (nSPS) is 47.4. The van der Waals surface area contributed by atoms with Gasteiger partial charge in [-0.05, 0) is 0 Å². The first kappa shape index (κ1) is 14.6. The van der Waals surface area contributed by atoms with Crippen molar-refractivity contribution in [2.75, 3.05) is 0 Å². The van der Waals surface area contributed by atoms with Gasteiger partial charge in [0.25, 0.3) is 5.60 Å². The fraction of sp³-hybridized carbons (Fsp3) is 1.00. The highest BCUT2D eigenvalue weighted by Crippen LogP contribution is 2.81. The van der Waals surface area contributed by atoms with Crippen molar-refractivity contribution in [1.29, 1.82) is 0 Å². The zero-order valence-corrected chi connectivity index (χ0v) is 8.10. The van der Waals surface area contributed by atoms with Gasteiger partial charge in [-0.25, -0.2) is 4.39 Å². The molecule has 0 aromatic rings. The lowest BCUT2D eigenvalue weighted by atomic mass is 9.82. The number of fused-ring (bicyclic) bond motifs is 2. The van der Waals surface area contributed by atoms with E-state index in [1.165, 1.54) is 0 Å². The summed E-state index contributed by atoms with van der Waals surface area (Å²) in [6, 6.07) is 0. The molecule has 12 heteroatoms. The summed E-state index contributed by atoms with van der Waals surface area (Å²) in [5.74, 6) is -34.2. The van der Waals surface area contributed by atoms with E-state index in [0.717, 1.165) is 0 Å². The molecular formula is C7HF11O. The van der Waals surface area contributed by atoms with Gasteiger partial charge in [0, 0.05) is 0 Å². The predicted molar refractivity (Wildman–Crippen MR) is 33.5 cm³/mol. The van der Waals surface area contributed by atoms with Crippen LogP contribution in [0, 0.1) is 0 Å². The van der Waals surface area contributed by atoms with Crippen molar-refractivity contribution in [1.82, 2.24) is 0 Å². The SMILES string of the molecule is OC12C(F)(F)C(F)(F)C(F)(C(F)(F)C1(F)F)C2(F)F. The maximum atomic E-state index is 13.3. The van der Waals surface area contributed by atoms with E-state index in [2.05, 4.69) is 0 Å². The second kappa shape index (κ2) is 2.66. The minimum atomic E-state index is -6.92. The average Bonchev–Trinajstić information content (AvgIpc) is 2.32. The molecule has 0 saturated heterocycles. The Bertz CT molecular complexity index is 384. The molecule has 2 aliphatic rings. The first-order valence-electron chi connectivity index (χ1n) is 4.30. The molecule has 0 atom stereocenters. The molecule has 2 aliphatic carbocycles. The largest absolute Gasteiger partial charge is 0.373 e. The van der Waals surface area contributed by atoms with Crippen LogP contribution in [0.5, 0.6) is 0 Å². The lowest BCUT2D eigenvalue weighted by molar-refractivity contribution is -0.413. The highest BCUT2D eigenvalue weighted by Gasteiger charge is 3.16. The molecule has 0 aromatic heterocycles. The van der Waals surface area contributed by atoms with Gasteiger partial charge in [0.15, 0.2) is 0 Å². The van der Waals surface area contributed by atoms with Crippen molar-refractivity contribution in [3.63, 3.8) is 0 Å². The topological polar surface area (TPSA) is 20.2 Å². The van der Waals surface area contributed by atoms with Crippen LogP contribution in [-0.2, 0) is 0 Å². The average molecular weight is 310 g/mol. The van der Waals surface area contributed by atoms with Gasteiger partial charge in [0.05, 0.1) is 0 Å². The number of hydrogen-bond donors (Lipinski definition) is 1. The van der Waals surface area contributed by atoms with Gasteiger partial charge >= 0.3 is 35.3 Å². The summed E-state index contributed by atoms with van der Waals surface area (Å²) >= 11 is 0. The molecule has 0 aromatic carbocycles. The Hall–Kier alpha value is -0.810. The van der Waals surface area contributed by atoms with E-state index in [0.29, 0.717) is 0 Å². The zero-order valence-electron chi connectivity index (χ0n) is 8.10. The van der Waals surface area contributed by atoms with Crippen LogP contribution in [0.15, 0.2) is 0 Å². The standard InChI is InChI=1S/C7HF11O/c8-1-3(9,10)2(19,6(15,16)4(1,11)12)7(17,18)5(1,13)14/h19H. The zero-order chi connectivity index (χ0) is 15.5.